The van der Waals surface area contributed by atoms with Crippen molar-refractivity contribution < 1.29 is 14.6 Å². The van der Waals surface area contributed by atoms with Crippen LogP contribution in [-0.2, 0) is 13.2 Å². The number of hydrogen-bond donors (Lipinski definition) is 1. The molecule has 0 aliphatic carbocycles. The Kier molecular flexibility index (Phi) is 4.47. The van der Waals surface area contributed by atoms with Crippen LogP contribution in [0, 0.1) is 0 Å². The van der Waals surface area contributed by atoms with Crippen molar-refractivity contribution in [3.05, 3.63) is 45.1 Å². The Bertz CT molecular complexity index is 525. The summed E-state index contributed by atoms with van der Waals surface area (Å²) in [5.74, 6) is 1.33. The highest BCUT2D eigenvalue weighted by Crippen LogP contribution is 2.27. The van der Waals surface area contributed by atoms with Crippen LogP contribution >= 0.6 is 22.9 Å². The predicted molar refractivity (Wildman–Crippen MR) is 72.6 cm³/mol. The second-order valence-electron chi connectivity index (χ2n) is 3.63. The van der Waals surface area contributed by atoms with Crippen LogP contribution in [-0.4, -0.2) is 12.2 Å². The van der Waals surface area contributed by atoms with Gasteiger partial charge in [-0.05, 0) is 24.3 Å². The molecule has 96 valence electrons. The number of halogens is 1. The van der Waals surface area contributed by atoms with Gasteiger partial charge in [0.15, 0.2) is 0 Å². The zero-order valence-electron chi connectivity index (χ0n) is 9.85. The molecule has 18 heavy (non-hydrogen) atoms. The molecule has 2 aromatic rings. The van der Waals surface area contributed by atoms with Crippen LogP contribution in [0.15, 0.2) is 30.3 Å². The van der Waals surface area contributed by atoms with Crippen LogP contribution in [0.1, 0.15) is 10.4 Å². The third-order valence-corrected chi connectivity index (χ3v) is 3.65. The molecule has 0 spiro atoms. The van der Waals surface area contributed by atoms with Gasteiger partial charge in [0.05, 0.1) is 18.1 Å². The molecule has 0 aliphatic rings. The number of aliphatic hydroxyl groups excluding tert-OH is 1. The van der Waals surface area contributed by atoms with E-state index in [1.807, 2.05) is 12.1 Å². The Morgan fingerprint density at radius 1 is 1.28 bits per heavy atom. The van der Waals surface area contributed by atoms with E-state index in [4.69, 9.17) is 21.1 Å². The van der Waals surface area contributed by atoms with Gasteiger partial charge in [-0.25, -0.2) is 0 Å². The maximum Gasteiger partial charge on any atom is 0.129 e. The number of rotatable bonds is 5. The molecule has 0 saturated heterocycles. The highest BCUT2D eigenvalue weighted by molar-refractivity contribution is 7.16. The third kappa shape index (κ3) is 3.16. The van der Waals surface area contributed by atoms with E-state index in [0.717, 1.165) is 14.8 Å². The fourth-order valence-electron chi connectivity index (χ4n) is 1.51. The number of thiophene rings is 1. The summed E-state index contributed by atoms with van der Waals surface area (Å²) in [6.07, 6.45) is 0. The van der Waals surface area contributed by atoms with Gasteiger partial charge < -0.3 is 14.6 Å². The molecule has 0 saturated carbocycles. The highest BCUT2D eigenvalue weighted by Gasteiger charge is 2.06. The average Bonchev–Trinajstić information content (AvgIpc) is 2.81. The predicted octanol–water partition coefficient (Wildman–Crippen LogP) is 3.48. The standard InChI is InChI=1S/C13H13ClO3S/c1-16-10-3-2-9(7-15)12(6-10)17-8-11-4-5-13(14)18-11/h2-6,15H,7-8H2,1H3. The monoisotopic (exact) mass is 284 g/mol. The van der Waals surface area contributed by atoms with Gasteiger partial charge in [-0.2, -0.15) is 0 Å². The highest BCUT2D eigenvalue weighted by atomic mass is 35.5. The maximum absolute atomic E-state index is 9.24. The van der Waals surface area contributed by atoms with Crippen LogP contribution in [0.25, 0.3) is 0 Å². The number of methoxy groups -OCH3 is 1. The van der Waals surface area contributed by atoms with Gasteiger partial charge in [0.25, 0.3) is 0 Å². The largest absolute Gasteiger partial charge is 0.497 e. The first kappa shape index (κ1) is 13.2. The van der Waals surface area contributed by atoms with Gasteiger partial charge >= 0.3 is 0 Å². The molecule has 5 heteroatoms. The van der Waals surface area contributed by atoms with Crippen LogP contribution in [0.5, 0.6) is 11.5 Å². The summed E-state index contributed by atoms with van der Waals surface area (Å²) in [4.78, 5) is 1.03. The van der Waals surface area contributed by atoms with Gasteiger partial charge in [0.1, 0.15) is 18.1 Å². The summed E-state index contributed by atoms with van der Waals surface area (Å²) >= 11 is 7.33. The quantitative estimate of drug-likeness (QED) is 0.913. The molecular formula is C13H13ClO3S. The maximum atomic E-state index is 9.24. The number of hydrogen-bond acceptors (Lipinski definition) is 4. The van der Waals surface area contributed by atoms with Gasteiger partial charge in [-0.3, -0.25) is 0 Å². The van der Waals surface area contributed by atoms with Crippen molar-refractivity contribution in [3.8, 4) is 11.5 Å². The topological polar surface area (TPSA) is 38.7 Å². The summed E-state index contributed by atoms with van der Waals surface area (Å²) in [5, 5.41) is 9.24. The van der Waals surface area contributed by atoms with E-state index in [0.29, 0.717) is 18.1 Å². The van der Waals surface area contributed by atoms with Crippen LogP contribution in [0.2, 0.25) is 4.34 Å². The van der Waals surface area contributed by atoms with Crippen LogP contribution in [0.3, 0.4) is 0 Å². The van der Waals surface area contributed by atoms with E-state index < -0.39 is 0 Å². The molecule has 0 radical (unpaired) electrons. The average molecular weight is 285 g/mol. The molecule has 0 fully saturated rings. The van der Waals surface area contributed by atoms with Crippen molar-refractivity contribution in [2.24, 2.45) is 0 Å². The van der Waals surface area contributed by atoms with Gasteiger partial charge in [0, 0.05) is 16.5 Å². The third-order valence-electron chi connectivity index (χ3n) is 2.44. The Morgan fingerprint density at radius 2 is 2.11 bits per heavy atom. The minimum absolute atomic E-state index is 0.0650. The summed E-state index contributed by atoms with van der Waals surface area (Å²) in [6.45, 7) is 0.363. The SMILES string of the molecule is COc1ccc(CO)c(OCc2ccc(Cl)s2)c1. The molecule has 1 N–H and O–H groups in total. The van der Waals surface area contributed by atoms with E-state index in [1.54, 1.807) is 25.3 Å². The molecule has 0 aliphatic heterocycles. The molecule has 1 heterocycles. The Balaban J connectivity index is 2.11. The summed E-state index contributed by atoms with van der Waals surface area (Å²) in [7, 11) is 1.59. The van der Waals surface area contributed by atoms with Crippen molar-refractivity contribution in [2.45, 2.75) is 13.2 Å². The van der Waals surface area contributed by atoms with Gasteiger partial charge in [-0.1, -0.05) is 11.6 Å². The first-order valence-electron chi connectivity index (χ1n) is 5.37. The summed E-state index contributed by atoms with van der Waals surface area (Å²) in [6, 6.07) is 9.10. The fraction of sp³-hybridized carbons (Fsp3) is 0.231. The van der Waals surface area contributed by atoms with Crippen molar-refractivity contribution in [2.75, 3.05) is 7.11 Å². The molecule has 1 aromatic carbocycles. The van der Waals surface area contributed by atoms with Crippen LogP contribution in [0.4, 0.5) is 0 Å². The molecule has 2 rings (SSSR count). The van der Waals surface area contributed by atoms with Gasteiger partial charge in [-0.15, -0.1) is 11.3 Å². The van der Waals surface area contributed by atoms with Gasteiger partial charge in [0.2, 0.25) is 0 Å². The second kappa shape index (κ2) is 6.09. The van der Waals surface area contributed by atoms with Crippen molar-refractivity contribution in [3.63, 3.8) is 0 Å². The normalized spacial score (nSPS) is 10.4. The van der Waals surface area contributed by atoms with E-state index in [1.165, 1.54) is 11.3 Å². The number of aliphatic hydroxyl groups is 1. The minimum Gasteiger partial charge on any atom is -0.497 e. The van der Waals surface area contributed by atoms with Crippen molar-refractivity contribution in [1.29, 1.82) is 0 Å². The van der Waals surface area contributed by atoms with E-state index in [2.05, 4.69) is 0 Å². The molecular weight excluding hydrogens is 272 g/mol. The summed E-state index contributed by atoms with van der Waals surface area (Å²) in [5.41, 5.74) is 0.735. The smallest absolute Gasteiger partial charge is 0.129 e. The minimum atomic E-state index is -0.0650. The Morgan fingerprint density at radius 3 is 2.72 bits per heavy atom. The molecule has 0 amide bonds. The number of benzene rings is 1. The Hall–Kier alpha value is -1.23. The molecule has 3 nitrogen and oxygen atoms in total. The molecule has 0 atom stereocenters. The van der Waals surface area contributed by atoms with E-state index in [-0.39, 0.29) is 6.61 Å². The number of ether oxygens (including phenoxy) is 2. The lowest BCUT2D eigenvalue weighted by Crippen LogP contribution is -1.98. The summed E-state index contributed by atoms with van der Waals surface area (Å²) < 4.78 is 11.5. The molecule has 0 bridgehead atoms. The van der Waals surface area contributed by atoms with E-state index in [9.17, 15) is 5.11 Å². The zero-order chi connectivity index (χ0) is 13.0. The molecule has 1 aromatic heterocycles. The lowest BCUT2D eigenvalue weighted by atomic mass is 10.2. The lowest BCUT2D eigenvalue weighted by Gasteiger charge is -2.10. The second-order valence-corrected chi connectivity index (χ2v) is 5.43. The van der Waals surface area contributed by atoms with Crippen LogP contribution < -0.4 is 9.47 Å². The van der Waals surface area contributed by atoms with Crippen molar-refractivity contribution >= 4 is 22.9 Å². The fourth-order valence-corrected chi connectivity index (χ4v) is 2.51. The Labute approximate surface area is 115 Å². The first-order valence-corrected chi connectivity index (χ1v) is 6.57. The molecule has 0 unspecified atom stereocenters. The lowest BCUT2D eigenvalue weighted by molar-refractivity contribution is 0.259. The van der Waals surface area contributed by atoms with Crippen molar-refractivity contribution in [1.82, 2.24) is 0 Å². The first-order chi connectivity index (χ1) is 8.72. The zero-order valence-corrected chi connectivity index (χ0v) is 11.4. The van der Waals surface area contributed by atoms with E-state index >= 15 is 0 Å².